The topological polar surface area (TPSA) is 50.2 Å². The van der Waals surface area contributed by atoms with Crippen molar-refractivity contribution >= 4 is 34.2 Å². The van der Waals surface area contributed by atoms with Crippen LogP contribution in [0.1, 0.15) is 29.1 Å². The zero-order valence-corrected chi connectivity index (χ0v) is 15.8. The molecule has 132 valence electrons. The van der Waals surface area contributed by atoms with E-state index in [0.29, 0.717) is 5.95 Å². The molecular formula is C19H24N4OS. The van der Waals surface area contributed by atoms with Crippen molar-refractivity contribution in [3.05, 3.63) is 46.2 Å². The summed E-state index contributed by atoms with van der Waals surface area (Å²) >= 11 is 1.46. The lowest BCUT2D eigenvalue weighted by Crippen LogP contribution is -2.27. The van der Waals surface area contributed by atoms with Crippen molar-refractivity contribution in [2.45, 2.75) is 27.3 Å². The number of nitrogens with one attached hydrogen (secondary N) is 1. The minimum absolute atomic E-state index is 0.0908. The minimum Gasteiger partial charge on any atom is -0.309 e. The van der Waals surface area contributed by atoms with Gasteiger partial charge in [-0.2, -0.15) is 0 Å². The molecule has 0 atom stereocenters. The molecule has 3 rings (SSSR count). The van der Waals surface area contributed by atoms with Gasteiger partial charge in [-0.15, -0.1) is 11.3 Å². The van der Waals surface area contributed by atoms with Crippen molar-refractivity contribution in [2.75, 3.05) is 25.0 Å². The average molecular weight is 356 g/mol. The summed E-state index contributed by atoms with van der Waals surface area (Å²) in [7, 11) is 0. The predicted molar refractivity (Wildman–Crippen MR) is 105 cm³/mol. The van der Waals surface area contributed by atoms with Crippen molar-refractivity contribution in [1.82, 2.24) is 14.5 Å². The molecule has 6 heteroatoms. The number of benzene rings is 1. The molecule has 1 amide bonds. The largest absolute Gasteiger partial charge is 0.309 e. The summed E-state index contributed by atoms with van der Waals surface area (Å²) in [4.78, 5) is 20.4. The monoisotopic (exact) mass is 356 g/mol. The molecule has 2 heterocycles. The van der Waals surface area contributed by atoms with Crippen molar-refractivity contribution in [3.8, 4) is 0 Å². The van der Waals surface area contributed by atoms with Crippen LogP contribution < -0.4 is 5.32 Å². The van der Waals surface area contributed by atoms with Gasteiger partial charge in [0.05, 0.1) is 15.9 Å². The second-order valence-corrected chi connectivity index (χ2v) is 6.91. The van der Waals surface area contributed by atoms with Gasteiger partial charge in [-0.05, 0) is 49.2 Å². The molecular weight excluding hydrogens is 332 g/mol. The molecule has 5 nitrogen and oxygen atoms in total. The molecule has 2 aromatic heterocycles. The van der Waals surface area contributed by atoms with Crippen LogP contribution in [0.5, 0.6) is 0 Å². The highest BCUT2D eigenvalue weighted by atomic mass is 32.1. The number of fused-ring (bicyclic) bond motifs is 1. The zero-order chi connectivity index (χ0) is 17.8. The summed E-state index contributed by atoms with van der Waals surface area (Å²) in [6, 6.07) is 9.97. The Balaban J connectivity index is 1.89. The number of hydrogen-bond donors (Lipinski definition) is 1. The first-order valence-corrected chi connectivity index (χ1v) is 9.55. The maximum absolute atomic E-state index is 12.6. The van der Waals surface area contributed by atoms with Crippen LogP contribution >= 0.6 is 11.3 Å². The highest BCUT2D eigenvalue weighted by Crippen LogP contribution is 2.22. The van der Waals surface area contributed by atoms with Gasteiger partial charge in [0.2, 0.25) is 5.95 Å². The molecule has 0 saturated carbocycles. The van der Waals surface area contributed by atoms with Crippen molar-refractivity contribution < 1.29 is 4.79 Å². The van der Waals surface area contributed by atoms with E-state index in [2.05, 4.69) is 39.7 Å². The van der Waals surface area contributed by atoms with E-state index in [-0.39, 0.29) is 5.91 Å². The fourth-order valence-corrected chi connectivity index (χ4v) is 3.76. The van der Waals surface area contributed by atoms with E-state index in [1.165, 1.54) is 11.3 Å². The Morgan fingerprint density at radius 2 is 2.00 bits per heavy atom. The van der Waals surface area contributed by atoms with Crippen LogP contribution in [0.2, 0.25) is 0 Å². The maximum atomic E-state index is 12.6. The number of aromatic nitrogens is 2. The standard InChI is InChI=1S/C19H24N4OS/c1-4-22(5-2)11-12-23-16-9-7-6-8-15(16)20-19(23)21-18(24)17-14(3)10-13-25-17/h6-10,13H,4-5,11-12H2,1-3H3,(H,20,21,24). The van der Waals surface area contributed by atoms with Gasteiger partial charge in [0.1, 0.15) is 0 Å². The summed E-state index contributed by atoms with van der Waals surface area (Å²) in [5, 5.41) is 4.95. The number of aryl methyl sites for hydroxylation is 1. The first kappa shape index (κ1) is 17.6. The molecule has 3 aromatic rings. The van der Waals surface area contributed by atoms with Crippen LogP contribution in [-0.4, -0.2) is 40.0 Å². The Labute approximate surface area is 152 Å². The summed E-state index contributed by atoms with van der Waals surface area (Å²) in [6.45, 7) is 10.0. The van der Waals surface area contributed by atoms with Gasteiger partial charge < -0.3 is 9.47 Å². The molecule has 0 unspecified atom stereocenters. The fraction of sp³-hybridized carbons (Fsp3) is 0.368. The third kappa shape index (κ3) is 3.75. The first-order valence-electron chi connectivity index (χ1n) is 8.67. The molecule has 0 bridgehead atoms. The SMILES string of the molecule is CCN(CC)CCn1c(NC(=O)c2sccc2C)nc2ccccc21. The van der Waals surface area contributed by atoms with Crippen LogP contribution in [0.3, 0.4) is 0 Å². The van der Waals surface area contributed by atoms with E-state index in [1.54, 1.807) is 0 Å². The van der Waals surface area contributed by atoms with E-state index in [0.717, 1.165) is 47.7 Å². The van der Waals surface area contributed by atoms with Crippen molar-refractivity contribution in [3.63, 3.8) is 0 Å². The second kappa shape index (κ2) is 7.80. The highest BCUT2D eigenvalue weighted by molar-refractivity contribution is 7.12. The molecule has 0 saturated heterocycles. The summed E-state index contributed by atoms with van der Waals surface area (Å²) in [5.74, 6) is 0.526. The minimum atomic E-state index is -0.0908. The van der Waals surface area contributed by atoms with Gasteiger partial charge >= 0.3 is 0 Å². The van der Waals surface area contributed by atoms with E-state index in [9.17, 15) is 4.79 Å². The second-order valence-electron chi connectivity index (χ2n) is 5.99. The van der Waals surface area contributed by atoms with Gasteiger partial charge in [-0.3, -0.25) is 10.1 Å². The number of amides is 1. The molecule has 0 spiro atoms. The molecule has 0 radical (unpaired) electrons. The van der Waals surface area contributed by atoms with E-state index in [4.69, 9.17) is 0 Å². The smallest absolute Gasteiger partial charge is 0.268 e. The molecule has 0 aliphatic carbocycles. The van der Waals surface area contributed by atoms with E-state index < -0.39 is 0 Å². The Morgan fingerprint density at radius 3 is 2.68 bits per heavy atom. The molecule has 0 fully saturated rings. The highest BCUT2D eigenvalue weighted by Gasteiger charge is 2.16. The van der Waals surface area contributed by atoms with Gasteiger partial charge in [0.25, 0.3) is 5.91 Å². The van der Waals surface area contributed by atoms with Crippen molar-refractivity contribution in [2.24, 2.45) is 0 Å². The molecule has 1 aromatic carbocycles. The zero-order valence-electron chi connectivity index (χ0n) is 15.0. The van der Waals surface area contributed by atoms with Gasteiger partial charge in [0.15, 0.2) is 0 Å². The predicted octanol–water partition coefficient (Wildman–Crippen LogP) is 4.00. The number of carbonyl (C=O) groups excluding carboxylic acids is 1. The third-order valence-electron chi connectivity index (χ3n) is 4.48. The molecule has 1 N–H and O–H groups in total. The molecule has 0 aliphatic heterocycles. The van der Waals surface area contributed by atoms with Crippen LogP contribution in [0.25, 0.3) is 11.0 Å². The summed E-state index contributed by atoms with van der Waals surface area (Å²) in [6.07, 6.45) is 0. The van der Waals surface area contributed by atoms with Crippen molar-refractivity contribution in [1.29, 1.82) is 0 Å². The Morgan fingerprint density at radius 1 is 1.24 bits per heavy atom. The lowest BCUT2D eigenvalue weighted by Gasteiger charge is -2.19. The number of thiophene rings is 1. The maximum Gasteiger partial charge on any atom is 0.268 e. The number of anilines is 1. The number of likely N-dealkylation sites (N-methyl/N-ethyl adjacent to an activating group) is 1. The van der Waals surface area contributed by atoms with Crippen LogP contribution in [-0.2, 0) is 6.54 Å². The number of hydrogen-bond acceptors (Lipinski definition) is 4. The number of rotatable bonds is 7. The lowest BCUT2D eigenvalue weighted by atomic mass is 10.3. The normalized spacial score (nSPS) is 11.4. The Kier molecular flexibility index (Phi) is 5.50. The quantitative estimate of drug-likeness (QED) is 0.696. The summed E-state index contributed by atoms with van der Waals surface area (Å²) < 4.78 is 2.11. The number of nitrogens with zero attached hydrogens (tertiary/aromatic N) is 3. The van der Waals surface area contributed by atoms with Crippen LogP contribution in [0.15, 0.2) is 35.7 Å². The lowest BCUT2D eigenvalue weighted by molar-refractivity contribution is 0.102. The van der Waals surface area contributed by atoms with E-state index in [1.807, 2.05) is 36.6 Å². The number of carbonyl (C=O) groups is 1. The van der Waals surface area contributed by atoms with Gasteiger partial charge in [-0.25, -0.2) is 4.98 Å². The molecule has 25 heavy (non-hydrogen) atoms. The van der Waals surface area contributed by atoms with Crippen LogP contribution in [0, 0.1) is 6.92 Å². The first-order chi connectivity index (χ1) is 12.1. The Hall–Kier alpha value is -2.18. The molecule has 0 aliphatic rings. The third-order valence-corrected chi connectivity index (χ3v) is 5.50. The van der Waals surface area contributed by atoms with Gasteiger partial charge in [0, 0.05) is 13.1 Å². The Bertz CT molecular complexity index is 863. The van der Waals surface area contributed by atoms with Gasteiger partial charge in [-0.1, -0.05) is 26.0 Å². The van der Waals surface area contributed by atoms with E-state index >= 15 is 0 Å². The van der Waals surface area contributed by atoms with Crippen LogP contribution in [0.4, 0.5) is 5.95 Å². The fourth-order valence-electron chi connectivity index (χ4n) is 2.94. The number of imidazole rings is 1. The summed E-state index contributed by atoms with van der Waals surface area (Å²) in [5.41, 5.74) is 2.95. The average Bonchev–Trinajstić information content (AvgIpc) is 3.19. The number of para-hydroxylation sites is 2.